The van der Waals surface area contributed by atoms with Gasteiger partial charge in [0.25, 0.3) is 0 Å². The molecule has 2 heterocycles. The van der Waals surface area contributed by atoms with Crippen LogP contribution in [0.4, 0.5) is 0 Å². The van der Waals surface area contributed by atoms with Crippen LogP contribution in [-0.2, 0) is 19.0 Å². The molecule has 9 heteroatoms. The number of halogens is 1. The van der Waals surface area contributed by atoms with Gasteiger partial charge < -0.3 is 29.7 Å². The second kappa shape index (κ2) is 10.0. The predicted octanol–water partition coefficient (Wildman–Crippen LogP) is 0.560. The van der Waals surface area contributed by atoms with Crippen molar-refractivity contribution >= 4 is 35.8 Å². The maximum absolute atomic E-state index is 11.9. The van der Waals surface area contributed by atoms with Crippen molar-refractivity contribution in [3.8, 4) is 0 Å². The minimum Gasteiger partial charge on any atom is -0.381 e. The summed E-state index contributed by atoms with van der Waals surface area (Å²) >= 11 is 0. The van der Waals surface area contributed by atoms with E-state index in [9.17, 15) is 4.79 Å². The van der Waals surface area contributed by atoms with E-state index in [0.717, 1.165) is 45.4 Å². The number of aliphatic imine (C=N–C) groups is 1. The van der Waals surface area contributed by atoms with Gasteiger partial charge in [-0.1, -0.05) is 0 Å². The van der Waals surface area contributed by atoms with Crippen LogP contribution < -0.4 is 10.6 Å². The molecule has 0 aromatic rings. The number of carbonyl (C=O) groups excluding carboxylic acids is 1. The van der Waals surface area contributed by atoms with Crippen molar-refractivity contribution in [2.24, 2.45) is 10.9 Å². The maximum atomic E-state index is 11.9. The molecule has 1 aliphatic carbocycles. The third kappa shape index (κ3) is 5.93. The smallest absolute Gasteiger partial charge is 0.243 e. The number of rotatable bonds is 5. The standard InChI is InChI=1S/C17H30N4O4.HI/c1-21(2)15(22)11-19-16(18-10-13-4-6-23-12-13)20-14-3-5-17(9-14)24-7-8-25-17;/h13-14H,3-12H2,1-2H3,(H2,18,19,20);1H. The van der Waals surface area contributed by atoms with E-state index in [4.69, 9.17) is 14.2 Å². The number of likely N-dealkylation sites (N-methyl/N-ethyl adjacent to an activating group) is 1. The summed E-state index contributed by atoms with van der Waals surface area (Å²) in [6.07, 6.45) is 3.73. The first kappa shape index (κ1) is 21.6. The quantitative estimate of drug-likeness (QED) is 0.339. The number of hydrogen-bond donors (Lipinski definition) is 2. The van der Waals surface area contributed by atoms with Gasteiger partial charge in [0.05, 0.1) is 19.8 Å². The Morgan fingerprint density at radius 3 is 2.65 bits per heavy atom. The van der Waals surface area contributed by atoms with Crippen LogP contribution >= 0.6 is 24.0 Å². The van der Waals surface area contributed by atoms with Gasteiger partial charge in [0.15, 0.2) is 11.7 Å². The summed E-state index contributed by atoms with van der Waals surface area (Å²) in [5.41, 5.74) is 0. The monoisotopic (exact) mass is 482 g/mol. The highest BCUT2D eigenvalue weighted by molar-refractivity contribution is 14.0. The third-order valence-electron chi connectivity index (χ3n) is 5.04. The Morgan fingerprint density at radius 2 is 2.00 bits per heavy atom. The summed E-state index contributed by atoms with van der Waals surface area (Å²) in [6, 6.07) is 0.235. The number of amides is 1. The maximum Gasteiger partial charge on any atom is 0.243 e. The Morgan fingerprint density at radius 1 is 1.23 bits per heavy atom. The highest BCUT2D eigenvalue weighted by Gasteiger charge is 2.44. The summed E-state index contributed by atoms with van der Waals surface area (Å²) in [6.45, 7) is 3.88. The van der Waals surface area contributed by atoms with Gasteiger partial charge in [-0.25, -0.2) is 4.99 Å². The first-order chi connectivity index (χ1) is 12.1. The van der Waals surface area contributed by atoms with Crippen LogP contribution in [0.1, 0.15) is 25.7 Å². The lowest BCUT2D eigenvalue weighted by molar-refractivity contribution is -0.151. The molecule has 3 rings (SSSR count). The molecule has 8 nitrogen and oxygen atoms in total. The van der Waals surface area contributed by atoms with Crippen molar-refractivity contribution in [2.75, 3.05) is 53.6 Å². The molecule has 1 spiro atoms. The van der Waals surface area contributed by atoms with Gasteiger partial charge in [0.1, 0.15) is 6.54 Å². The zero-order chi connectivity index (χ0) is 17.7. The molecular formula is C17H31IN4O4. The summed E-state index contributed by atoms with van der Waals surface area (Å²) in [5.74, 6) is 0.743. The molecular weight excluding hydrogens is 451 g/mol. The van der Waals surface area contributed by atoms with Crippen LogP contribution in [0, 0.1) is 5.92 Å². The Balaban J connectivity index is 0.00000243. The lowest BCUT2D eigenvalue weighted by atomic mass is 10.1. The second-order valence-corrected chi connectivity index (χ2v) is 7.26. The lowest BCUT2D eigenvalue weighted by Gasteiger charge is -2.23. The van der Waals surface area contributed by atoms with Gasteiger partial charge in [-0.3, -0.25) is 4.79 Å². The molecule has 2 aliphatic heterocycles. The molecule has 0 aromatic heterocycles. The Kier molecular flexibility index (Phi) is 8.37. The highest BCUT2D eigenvalue weighted by atomic mass is 127. The van der Waals surface area contributed by atoms with E-state index in [0.29, 0.717) is 25.1 Å². The van der Waals surface area contributed by atoms with E-state index in [1.54, 1.807) is 19.0 Å². The normalized spacial score (nSPS) is 27.4. The molecule has 26 heavy (non-hydrogen) atoms. The van der Waals surface area contributed by atoms with E-state index in [1.165, 1.54) is 0 Å². The minimum absolute atomic E-state index is 0. The van der Waals surface area contributed by atoms with Crippen molar-refractivity contribution in [2.45, 2.75) is 37.5 Å². The molecule has 0 radical (unpaired) electrons. The minimum atomic E-state index is -0.415. The molecule has 2 unspecified atom stereocenters. The van der Waals surface area contributed by atoms with Gasteiger partial charge in [0, 0.05) is 52.0 Å². The van der Waals surface area contributed by atoms with Gasteiger partial charge in [-0.2, -0.15) is 0 Å². The van der Waals surface area contributed by atoms with Crippen molar-refractivity contribution < 1.29 is 19.0 Å². The molecule has 3 aliphatic rings. The molecule has 150 valence electrons. The molecule has 2 saturated heterocycles. The van der Waals surface area contributed by atoms with Gasteiger partial charge in [0.2, 0.25) is 5.91 Å². The number of nitrogens with one attached hydrogen (secondary N) is 2. The summed E-state index contributed by atoms with van der Waals surface area (Å²) in [7, 11) is 3.48. The molecule has 1 amide bonds. The van der Waals surface area contributed by atoms with Crippen LogP contribution in [0.2, 0.25) is 0 Å². The largest absolute Gasteiger partial charge is 0.381 e. The van der Waals surface area contributed by atoms with Crippen molar-refractivity contribution in [1.29, 1.82) is 0 Å². The van der Waals surface area contributed by atoms with Crippen LogP contribution in [0.25, 0.3) is 0 Å². The zero-order valence-corrected chi connectivity index (χ0v) is 18.0. The van der Waals surface area contributed by atoms with Crippen molar-refractivity contribution in [3.05, 3.63) is 0 Å². The molecule has 3 fully saturated rings. The lowest BCUT2D eigenvalue weighted by Crippen LogP contribution is -2.45. The number of guanidine groups is 1. The Hall–Kier alpha value is -0.650. The number of ether oxygens (including phenoxy) is 3. The summed E-state index contributed by atoms with van der Waals surface area (Å²) < 4.78 is 17.0. The van der Waals surface area contributed by atoms with Gasteiger partial charge in [-0.15, -0.1) is 24.0 Å². The van der Waals surface area contributed by atoms with Crippen molar-refractivity contribution in [1.82, 2.24) is 15.5 Å². The second-order valence-electron chi connectivity index (χ2n) is 7.26. The fourth-order valence-corrected chi connectivity index (χ4v) is 3.48. The zero-order valence-electron chi connectivity index (χ0n) is 15.7. The van der Waals surface area contributed by atoms with Crippen LogP contribution in [0.5, 0.6) is 0 Å². The van der Waals surface area contributed by atoms with Gasteiger partial charge >= 0.3 is 0 Å². The van der Waals surface area contributed by atoms with E-state index in [-0.39, 0.29) is 42.5 Å². The highest BCUT2D eigenvalue weighted by Crippen LogP contribution is 2.37. The summed E-state index contributed by atoms with van der Waals surface area (Å²) in [5, 5.41) is 6.82. The van der Waals surface area contributed by atoms with E-state index < -0.39 is 5.79 Å². The molecule has 2 atom stereocenters. The average Bonchev–Trinajstić information content (AvgIpc) is 3.33. The molecule has 1 saturated carbocycles. The van der Waals surface area contributed by atoms with E-state index in [2.05, 4.69) is 15.6 Å². The SMILES string of the molecule is CN(C)C(=O)CN=C(NCC1CCOC1)NC1CCC2(C1)OCCO2.I. The van der Waals surface area contributed by atoms with Crippen LogP contribution in [0.3, 0.4) is 0 Å². The number of carbonyl (C=O) groups is 1. The fourth-order valence-electron chi connectivity index (χ4n) is 3.48. The number of nitrogens with zero attached hydrogens (tertiary/aromatic N) is 2. The van der Waals surface area contributed by atoms with E-state index >= 15 is 0 Å². The Bertz CT molecular complexity index is 491. The first-order valence-electron chi connectivity index (χ1n) is 9.17. The van der Waals surface area contributed by atoms with Crippen LogP contribution in [-0.4, -0.2) is 82.2 Å². The third-order valence-corrected chi connectivity index (χ3v) is 5.04. The predicted molar refractivity (Wildman–Crippen MR) is 109 cm³/mol. The molecule has 0 bridgehead atoms. The van der Waals surface area contributed by atoms with Crippen molar-refractivity contribution in [3.63, 3.8) is 0 Å². The topological polar surface area (TPSA) is 84.4 Å². The molecule has 2 N–H and O–H groups in total. The van der Waals surface area contributed by atoms with Gasteiger partial charge in [-0.05, 0) is 12.8 Å². The summed E-state index contributed by atoms with van der Waals surface area (Å²) in [4.78, 5) is 17.9. The van der Waals surface area contributed by atoms with E-state index in [1.807, 2.05) is 0 Å². The number of hydrogen-bond acceptors (Lipinski definition) is 5. The molecule has 0 aromatic carbocycles. The van der Waals surface area contributed by atoms with Crippen LogP contribution in [0.15, 0.2) is 4.99 Å². The first-order valence-corrected chi connectivity index (χ1v) is 9.17. The fraction of sp³-hybridized carbons (Fsp3) is 0.882. The average molecular weight is 482 g/mol. The Labute approximate surface area is 172 Å².